The number of ether oxygens (including phenoxy) is 3. The van der Waals surface area contributed by atoms with Gasteiger partial charge in [-0.3, -0.25) is 9.59 Å². The molecule has 0 spiro atoms. The predicted octanol–water partition coefficient (Wildman–Crippen LogP) is 9.86. The van der Waals surface area contributed by atoms with Gasteiger partial charge in [0.1, 0.15) is 22.8 Å². The first-order valence-electron chi connectivity index (χ1n) is 15.8. The van der Waals surface area contributed by atoms with E-state index in [1.54, 1.807) is 36.4 Å². The molecule has 4 aromatic carbocycles. The van der Waals surface area contributed by atoms with Crippen molar-refractivity contribution in [2.45, 2.75) is 57.9 Å². The molecule has 1 amide bonds. The molecular formula is C37H34Cl2F3NO7. The van der Waals surface area contributed by atoms with E-state index in [1.165, 1.54) is 42.5 Å². The number of hydrogen-bond donors (Lipinski definition) is 2. The van der Waals surface area contributed by atoms with E-state index < -0.39 is 42.4 Å². The highest BCUT2D eigenvalue weighted by Gasteiger charge is 2.31. The van der Waals surface area contributed by atoms with Crippen LogP contribution in [0.1, 0.15) is 77.8 Å². The topological polar surface area (TPSA) is 111 Å². The van der Waals surface area contributed by atoms with Crippen LogP contribution in [0, 0.1) is 0 Å². The van der Waals surface area contributed by atoms with Gasteiger partial charge in [-0.2, -0.15) is 0 Å². The molecule has 0 heterocycles. The van der Waals surface area contributed by atoms with Gasteiger partial charge in [-0.25, -0.2) is 4.79 Å². The number of esters is 2. The zero-order valence-corrected chi connectivity index (χ0v) is 28.4. The first-order valence-corrected chi connectivity index (χ1v) is 16.5. The fraction of sp³-hybridized carbons (Fsp3) is 0.270. The lowest BCUT2D eigenvalue weighted by Crippen LogP contribution is -2.31. The Morgan fingerprint density at radius 3 is 2.04 bits per heavy atom. The number of benzene rings is 4. The Labute approximate surface area is 297 Å². The number of halogens is 5. The molecule has 13 heteroatoms. The van der Waals surface area contributed by atoms with E-state index in [2.05, 4.69) is 17.0 Å². The summed E-state index contributed by atoms with van der Waals surface area (Å²) in [5, 5.41) is 13.3. The van der Waals surface area contributed by atoms with Crippen LogP contribution in [0.4, 0.5) is 13.2 Å². The molecule has 0 fully saturated rings. The fourth-order valence-corrected chi connectivity index (χ4v) is 5.32. The summed E-state index contributed by atoms with van der Waals surface area (Å²) in [5.74, 6) is -3.29. The van der Waals surface area contributed by atoms with Gasteiger partial charge < -0.3 is 24.6 Å². The standard InChI is InChI=1S/C37H34Cl2F3NO7/c1-2-3-4-5-6-19-48-33-18-14-27(39)21-30(33)35(46)43-31(22-34(45)49-36(47)29-20-26(38)13-17-32(29)44)25-9-7-23(8-10-25)24-11-15-28(16-12-24)50-37(40,41)42/h7-18,20-21,31,44H,2-6,19,22H2,1H3,(H,43,46). The van der Waals surface area contributed by atoms with E-state index >= 15 is 0 Å². The van der Waals surface area contributed by atoms with Crippen LogP contribution in [0.3, 0.4) is 0 Å². The van der Waals surface area contributed by atoms with Gasteiger partial charge in [-0.05, 0) is 71.6 Å². The van der Waals surface area contributed by atoms with Crippen molar-refractivity contribution in [2.75, 3.05) is 6.61 Å². The lowest BCUT2D eigenvalue weighted by atomic mass is 9.98. The highest BCUT2D eigenvalue weighted by Crippen LogP contribution is 2.30. The quantitative estimate of drug-likeness (QED) is 0.0711. The Bertz CT molecular complexity index is 1780. The summed E-state index contributed by atoms with van der Waals surface area (Å²) < 4.78 is 52.6. The summed E-state index contributed by atoms with van der Waals surface area (Å²) in [4.78, 5) is 39.5. The van der Waals surface area contributed by atoms with Crippen molar-refractivity contribution in [3.05, 3.63) is 112 Å². The third-order valence-electron chi connectivity index (χ3n) is 7.49. The maximum atomic E-state index is 13.7. The highest BCUT2D eigenvalue weighted by molar-refractivity contribution is 6.31. The second-order valence-electron chi connectivity index (χ2n) is 11.3. The van der Waals surface area contributed by atoms with E-state index in [0.717, 1.165) is 38.2 Å². The number of unbranched alkanes of at least 4 members (excludes halogenated alkanes) is 4. The van der Waals surface area contributed by atoms with Gasteiger partial charge in [0.25, 0.3) is 5.91 Å². The van der Waals surface area contributed by atoms with E-state index in [9.17, 15) is 32.7 Å². The number of phenolic OH excluding ortho intramolecular Hbond substituents is 1. The number of hydrogen-bond acceptors (Lipinski definition) is 7. The second-order valence-corrected chi connectivity index (χ2v) is 12.1. The van der Waals surface area contributed by atoms with E-state index in [0.29, 0.717) is 29.0 Å². The number of carbonyl (C=O) groups is 3. The Morgan fingerprint density at radius 2 is 1.40 bits per heavy atom. The molecule has 50 heavy (non-hydrogen) atoms. The van der Waals surface area contributed by atoms with Crippen molar-refractivity contribution in [1.82, 2.24) is 5.32 Å². The molecule has 1 atom stereocenters. The first-order chi connectivity index (χ1) is 23.8. The number of phenols is 1. The Hall–Kier alpha value is -4.74. The van der Waals surface area contributed by atoms with Crippen molar-refractivity contribution in [3.63, 3.8) is 0 Å². The maximum absolute atomic E-state index is 13.7. The smallest absolute Gasteiger partial charge is 0.507 e. The molecule has 4 rings (SSSR count). The van der Waals surface area contributed by atoms with Crippen molar-refractivity contribution in [2.24, 2.45) is 0 Å². The molecule has 264 valence electrons. The molecule has 0 saturated carbocycles. The monoisotopic (exact) mass is 731 g/mol. The van der Waals surface area contributed by atoms with E-state index in [4.69, 9.17) is 32.7 Å². The lowest BCUT2D eigenvalue weighted by molar-refractivity contribution is -0.274. The fourth-order valence-electron chi connectivity index (χ4n) is 4.98. The van der Waals surface area contributed by atoms with Gasteiger partial charge in [0.2, 0.25) is 0 Å². The molecule has 0 radical (unpaired) electrons. The minimum absolute atomic E-state index is 0.127. The third kappa shape index (κ3) is 11.4. The Morgan fingerprint density at radius 1 is 0.800 bits per heavy atom. The van der Waals surface area contributed by atoms with Crippen LogP contribution in [-0.2, 0) is 9.53 Å². The lowest BCUT2D eigenvalue weighted by Gasteiger charge is -2.20. The van der Waals surface area contributed by atoms with Crippen LogP contribution in [-0.4, -0.2) is 35.9 Å². The molecule has 0 aromatic heterocycles. The van der Waals surface area contributed by atoms with Crippen molar-refractivity contribution >= 4 is 41.0 Å². The number of rotatable bonds is 15. The van der Waals surface area contributed by atoms with Crippen LogP contribution >= 0.6 is 23.2 Å². The minimum Gasteiger partial charge on any atom is -0.507 e. The summed E-state index contributed by atoms with van der Waals surface area (Å²) in [5.41, 5.74) is 1.44. The van der Waals surface area contributed by atoms with Gasteiger partial charge in [0.15, 0.2) is 0 Å². The molecule has 0 aliphatic heterocycles. The summed E-state index contributed by atoms with van der Waals surface area (Å²) in [6.45, 7) is 2.50. The van der Waals surface area contributed by atoms with E-state index in [-0.39, 0.29) is 26.9 Å². The molecule has 2 N–H and O–H groups in total. The van der Waals surface area contributed by atoms with Gasteiger partial charge in [-0.15, -0.1) is 13.2 Å². The summed E-state index contributed by atoms with van der Waals surface area (Å²) >= 11 is 12.2. The minimum atomic E-state index is -4.82. The second kappa shape index (κ2) is 17.8. The van der Waals surface area contributed by atoms with Gasteiger partial charge in [0, 0.05) is 10.0 Å². The average Bonchev–Trinajstić information content (AvgIpc) is 3.07. The molecule has 1 unspecified atom stereocenters. The van der Waals surface area contributed by atoms with Crippen molar-refractivity contribution in [1.29, 1.82) is 0 Å². The zero-order valence-electron chi connectivity index (χ0n) is 26.9. The number of aromatic hydroxyl groups is 1. The summed E-state index contributed by atoms with van der Waals surface area (Å²) in [7, 11) is 0. The maximum Gasteiger partial charge on any atom is 0.573 e. The number of nitrogens with one attached hydrogen (secondary N) is 1. The summed E-state index contributed by atoms with van der Waals surface area (Å²) in [6.07, 6.45) is -0.273. The molecule has 0 bridgehead atoms. The van der Waals surface area contributed by atoms with E-state index in [1.807, 2.05) is 0 Å². The van der Waals surface area contributed by atoms with Crippen LogP contribution < -0.4 is 14.8 Å². The molecule has 0 aliphatic carbocycles. The Kier molecular flexibility index (Phi) is 13.5. The summed E-state index contributed by atoms with van der Waals surface area (Å²) in [6, 6.07) is 19.1. The van der Waals surface area contributed by atoms with Crippen LogP contribution in [0.15, 0.2) is 84.9 Å². The number of carbonyl (C=O) groups excluding carboxylic acids is 3. The highest BCUT2D eigenvalue weighted by atomic mass is 35.5. The normalized spacial score (nSPS) is 11.8. The predicted molar refractivity (Wildman–Crippen MR) is 183 cm³/mol. The number of amides is 1. The largest absolute Gasteiger partial charge is 0.573 e. The van der Waals surface area contributed by atoms with Crippen molar-refractivity contribution in [3.8, 4) is 28.4 Å². The Balaban J connectivity index is 1.56. The van der Waals surface area contributed by atoms with Crippen LogP contribution in [0.2, 0.25) is 10.0 Å². The SMILES string of the molecule is CCCCCCCOc1ccc(Cl)cc1C(=O)NC(CC(=O)OC(=O)c1cc(Cl)ccc1O)c1ccc(-c2ccc(OC(F)(F)F)cc2)cc1. The first kappa shape index (κ1) is 38.1. The van der Waals surface area contributed by atoms with Gasteiger partial charge in [-0.1, -0.05) is 92.2 Å². The van der Waals surface area contributed by atoms with Gasteiger partial charge in [0.05, 0.1) is 24.6 Å². The molecular weight excluding hydrogens is 698 g/mol. The molecule has 8 nitrogen and oxygen atoms in total. The molecule has 4 aromatic rings. The van der Waals surface area contributed by atoms with Crippen LogP contribution in [0.5, 0.6) is 17.2 Å². The zero-order chi connectivity index (χ0) is 36.3. The van der Waals surface area contributed by atoms with Crippen LogP contribution in [0.25, 0.3) is 11.1 Å². The van der Waals surface area contributed by atoms with Crippen molar-refractivity contribution < 1.29 is 46.9 Å². The molecule has 0 saturated heterocycles. The third-order valence-corrected chi connectivity index (χ3v) is 7.96. The molecule has 0 aliphatic rings. The average molecular weight is 733 g/mol. The van der Waals surface area contributed by atoms with Gasteiger partial charge >= 0.3 is 18.3 Å². The number of alkyl halides is 3.